The summed E-state index contributed by atoms with van der Waals surface area (Å²) in [7, 11) is 0. The zero-order valence-corrected chi connectivity index (χ0v) is 12.0. The summed E-state index contributed by atoms with van der Waals surface area (Å²) in [5, 5.41) is 12.8. The molecule has 102 valence electrons. The summed E-state index contributed by atoms with van der Waals surface area (Å²) in [6.45, 7) is 6.47. The molecule has 0 saturated carbocycles. The summed E-state index contributed by atoms with van der Waals surface area (Å²) in [5.41, 5.74) is 0. The molecule has 0 aliphatic rings. The second kappa shape index (κ2) is 7.54. The van der Waals surface area contributed by atoms with Crippen molar-refractivity contribution in [1.29, 1.82) is 0 Å². The summed E-state index contributed by atoms with van der Waals surface area (Å²) in [4.78, 5) is 8.63. The lowest BCUT2D eigenvalue weighted by Crippen LogP contribution is -2.27. The van der Waals surface area contributed by atoms with Crippen LogP contribution in [-0.4, -0.2) is 27.7 Å². The number of anilines is 1. The van der Waals surface area contributed by atoms with Crippen LogP contribution in [-0.2, 0) is 6.42 Å². The van der Waals surface area contributed by atoms with Gasteiger partial charge in [-0.3, -0.25) is 0 Å². The third kappa shape index (κ3) is 4.78. The zero-order valence-electron chi connectivity index (χ0n) is 11.3. The second-order valence-corrected chi connectivity index (χ2v) is 5.14. The quantitative estimate of drug-likeness (QED) is 0.749. The fourth-order valence-electron chi connectivity index (χ4n) is 1.78. The van der Waals surface area contributed by atoms with Crippen LogP contribution in [0.1, 0.15) is 39.4 Å². The third-order valence-corrected chi connectivity index (χ3v) is 2.99. The number of aliphatic hydroxyl groups excluding tert-OH is 1. The van der Waals surface area contributed by atoms with Gasteiger partial charge in [0.2, 0.25) is 0 Å². The predicted octanol–water partition coefficient (Wildman–Crippen LogP) is 2.90. The van der Waals surface area contributed by atoms with Gasteiger partial charge >= 0.3 is 0 Å². The van der Waals surface area contributed by atoms with E-state index in [1.54, 1.807) is 6.07 Å². The summed E-state index contributed by atoms with van der Waals surface area (Å²) in [6.07, 6.45) is 2.51. The molecule has 1 heterocycles. The Labute approximate surface area is 114 Å². The Morgan fingerprint density at radius 3 is 2.67 bits per heavy atom. The highest BCUT2D eigenvalue weighted by Gasteiger charge is 2.14. The molecule has 0 fully saturated rings. The topological polar surface area (TPSA) is 58.0 Å². The Morgan fingerprint density at radius 1 is 1.39 bits per heavy atom. The van der Waals surface area contributed by atoms with E-state index in [9.17, 15) is 0 Å². The van der Waals surface area contributed by atoms with Crippen molar-refractivity contribution in [2.75, 3.05) is 11.9 Å². The molecule has 0 aromatic carbocycles. The minimum Gasteiger partial charge on any atom is -0.396 e. The fraction of sp³-hybridized carbons (Fsp3) is 0.692. The van der Waals surface area contributed by atoms with Gasteiger partial charge < -0.3 is 10.4 Å². The van der Waals surface area contributed by atoms with Gasteiger partial charge in [0.1, 0.15) is 16.8 Å². The number of aromatic nitrogens is 2. The van der Waals surface area contributed by atoms with E-state index in [4.69, 9.17) is 16.7 Å². The number of hydrogen-bond donors (Lipinski definition) is 2. The first-order valence-electron chi connectivity index (χ1n) is 6.47. The van der Waals surface area contributed by atoms with Gasteiger partial charge in [-0.25, -0.2) is 9.97 Å². The van der Waals surface area contributed by atoms with Crippen molar-refractivity contribution in [3.8, 4) is 0 Å². The van der Waals surface area contributed by atoms with E-state index in [0.29, 0.717) is 17.5 Å². The number of hydrogen-bond acceptors (Lipinski definition) is 4. The minimum absolute atomic E-state index is 0.163. The van der Waals surface area contributed by atoms with E-state index < -0.39 is 0 Å². The first-order chi connectivity index (χ1) is 8.56. The van der Waals surface area contributed by atoms with Crippen LogP contribution >= 0.6 is 11.6 Å². The van der Waals surface area contributed by atoms with Gasteiger partial charge in [-0.15, -0.1) is 0 Å². The average molecular weight is 272 g/mol. The van der Waals surface area contributed by atoms with Gasteiger partial charge in [0, 0.05) is 25.1 Å². The standard InChI is InChI=1S/C13H22ClN3O/c1-4-5-12-16-11(14)8-13(17-12)15-10(6-7-18)9(2)3/h8-10,18H,4-7H2,1-3H3,(H,15,16,17). The highest BCUT2D eigenvalue weighted by Crippen LogP contribution is 2.17. The number of nitrogens with one attached hydrogen (secondary N) is 1. The summed E-state index contributed by atoms with van der Waals surface area (Å²) in [5.74, 6) is 1.92. The molecule has 1 rings (SSSR count). The minimum atomic E-state index is 0.163. The van der Waals surface area contributed by atoms with Crippen LogP contribution in [0.25, 0.3) is 0 Å². The molecule has 1 atom stereocenters. The monoisotopic (exact) mass is 271 g/mol. The van der Waals surface area contributed by atoms with Gasteiger partial charge in [-0.1, -0.05) is 32.4 Å². The third-order valence-electron chi connectivity index (χ3n) is 2.79. The lowest BCUT2D eigenvalue weighted by Gasteiger charge is -2.22. The largest absolute Gasteiger partial charge is 0.396 e. The number of aliphatic hydroxyl groups is 1. The van der Waals surface area contributed by atoms with Crippen LogP contribution in [0.2, 0.25) is 5.15 Å². The maximum absolute atomic E-state index is 9.06. The van der Waals surface area contributed by atoms with E-state index in [-0.39, 0.29) is 12.6 Å². The maximum Gasteiger partial charge on any atom is 0.134 e. The lowest BCUT2D eigenvalue weighted by molar-refractivity contribution is 0.267. The van der Waals surface area contributed by atoms with Gasteiger partial charge in [-0.05, 0) is 18.8 Å². The Morgan fingerprint density at radius 2 is 2.11 bits per heavy atom. The van der Waals surface area contributed by atoms with E-state index >= 15 is 0 Å². The molecule has 0 radical (unpaired) electrons. The maximum atomic E-state index is 9.06. The highest BCUT2D eigenvalue weighted by atomic mass is 35.5. The Bertz CT molecular complexity index is 371. The zero-order chi connectivity index (χ0) is 13.5. The SMILES string of the molecule is CCCc1nc(Cl)cc(NC(CCO)C(C)C)n1. The molecule has 18 heavy (non-hydrogen) atoms. The van der Waals surface area contributed by atoms with Crippen molar-refractivity contribution in [2.45, 2.75) is 46.1 Å². The molecule has 0 saturated heterocycles. The summed E-state index contributed by atoms with van der Waals surface area (Å²) in [6, 6.07) is 1.92. The predicted molar refractivity (Wildman–Crippen MR) is 75.0 cm³/mol. The molecule has 0 spiro atoms. The van der Waals surface area contributed by atoms with Gasteiger partial charge in [0.15, 0.2) is 0 Å². The van der Waals surface area contributed by atoms with Crippen LogP contribution < -0.4 is 5.32 Å². The molecule has 0 aliphatic heterocycles. The van der Waals surface area contributed by atoms with Crippen molar-refractivity contribution in [3.63, 3.8) is 0 Å². The Hall–Kier alpha value is -0.870. The van der Waals surface area contributed by atoms with E-state index in [1.807, 2.05) is 0 Å². The fourth-order valence-corrected chi connectivity index (χ4v) is 1.98. The smallest absolute Gasteiger partial charge is 0.134 e. The molecule has 4 nitrogen and oxygen atoms in total. The molecule has 2 N–H and O–H groups in total. The molecule has 5 heteroatoms. The number of halogens is 1. The van der Waals surface area contributed by atoms with Crippen LogP contribution in [0.4, 0.5) is 5.82 Å². The van der Waals surface area contributed by atoms with E-state index in [2.05, 4.69) is 36.1 Å². The summed E-state index contributed by atoms with van der Waals surface area (Å²) >= 11 is 5.99. The van der Waals surface area contributed by atoms with Gasteiger partial charge in [0.25, 0.3) is 0 Å². The molecule has 0 amide bonds. The highest BCUT2D eigenvalue weighted by molar-refractivity contribution is 6.29. The average Bonchev–Trinajstić information content (AvgIpc) is 2.28. The van der Waals surface area contributed by atoms with Gasteiger partial charge in [0.05, 0.1) is 0 Å². The van der Waals surface area contributed by atoms with Crippen molar-refractivity contribution >= 4 is 17.4 Å². The summed E-state index contributed by atoms with van der Waals surface area (Å²) < 4.78 is 0. The molecule has 1 unspecified atom stereocenters. The normalized spacial score (nSPS) is 12.8. The molecular weight excluding hydrogens is 250 g/mol. The van der Waals surface area contributed by atoms with Crippen molar-refractivity contribution in [3.05, 3.63) is 17.0 Å². The van der Waals surface area contributed by atoms with E-state index in [1.165, 1.54) is 0 Å². The second-order valence-electron chi connectivity index (χ2n) is 4.75. The lowest BCUT2D eigenvalue weighted by atomic mass is 10.0. The molecule has 1 aromatic rings. The van der Waals surface area contributed by atoms with Crippen molar-refractivity contribution in [2.24, 2.45) is 5.92 Å². The molecule has 0 bridgehead atoms. The first-order valence-corrected chi connectivity index (χ1v) is 6.85. The number of aryl methyl sites for hydroxylation is 1. The van der Waals surface area contributed by atoms with Crippen LogP contribution in [0.5, 0.6) is 0 Å². The van der Waals surface area contributed by atoms with E-state index in [0.717, 1.165) is 24.5 Å². The van der Waals surface area contributed by atoms with Crippen LogP contribution in [0.15, 0.2) is 6.07 Å². The van der Waals surface area contributed by atoms with Crippen LogP contribution in [0.3, 0.4) is 0 Å². The Kier molecular flexibility index (Phi) is 6.36. The Balaban J connectivity index is 2.81. The number of nitrogens with zero attached hydrogens (tertiary/aromatic N) is 2. The van der Waals surface area contributed by atoms with Crippen molar-refractivity contribution < 1.29 is 5.11 Å². The molecule has 1 aromatic heterocycles. The molecular formula is C13H22ClN3O. The van der Waals surface area contributed by atoms with Crippen molar-refractivity contribution in [1.82, 2.24) is 9.97 Å². The van der Waals surface area contributed by atoms with Crippen LogP contribution in [0, 0.1) is 5.92 Å². The van der Waals surface area contributed by atoms with Gasteiger partial charge in [-0.2, -0.15) is 0 Å². The molecule has 0 aliphatic carbocycles. The number of rotatable bonds is 7. The first kappa shape index (κ1) is 15.2.